The maximum atomic E-state index is 13.2. The van der Waals surface area contributed by atoms with E-state index in [1.54, 1.807) is 6.20 Å². The summed E-state index contributed by atoms with van der Waals surface area (Å²) < 4.78 is 39.6. The molecule has 9 heteroatoms. The lowest BCUT2D eigenvalue weighted by Gasteiger charge is -2.50. The number of aromatic nitrogens is 1. The van der Waals surface area contributed by atoms with E-state index >= 15 is 0 Å². The minimum absolute atomic E-state index is 0.0163. The van der Waals surface area contributed by atoms with Gasteiger partial charge in [-0.05, 0) is 49.1 Å². The van der Waals surface area contributed by atoms with E-state index < -0.39 is 30.6 Å². The zero-order chi connectivity index (χ0) is 19.3. The fraction of sp³-hybridized carbons (Fsp3) is 0.667. The SMILES string of the molecule is Cc1cc(C2CCC3C4NNCC4C(=O)N(CC(F)(F)F)C3C2)cnc1Cl. The van der Waals surface area contributed by atoms with Crippen LogP contribution in [0.15, 0.2) is 12.3 Å². The van der Waals surface area contributed by atoms with Gasteiger partial charge in [0.15, 0.2) is 0 Å². The van der Waals surface area contributed by atoms with Crippen LogP contribution in [0.3, 0.4) is 0 Å². The summed E-state index contributed by atoms with van der Waals surface area (Å²) in [4.78, 5) is 18.1. The molecule has 0 aromatic carbocycles. The van der Waals surface area contributed by atoms with Crippen molar-refractivity contribution in [1.82, 2.24) is 20.7 Å². The number of nitrogens with one attached hydrogen (secondary N) is 2. The number of hydrogen-bond donors (Lipinski definition) is 2. The third-order valence-electron chi connectivity index (χ3n) is 6.21. The summed E-state index contributed by atoms with van der Waals surface area (Å²) >= 11 is 6.00. The number of nitrogens with zero attached hydrogens (tertiary/aromatic N) is 2. The molecule has 3 aliphatic rings. The first-order chi connectivity index (χ1) is 12.7. The number of alkyl halides is 3. The van der Waals surface area contributed by atoms with Crippen molar-refractivity contribution in [3.05, 3.63) is 28.5 Å². The molecule has 1 aliphatic carbocycles. The van der Waals surface area contributed by atoms with Gasteiger partial charge in [0.25, 0.3) is 0 Å². The molecule has 0 bridgehead atoms. The molecule has 5 atom stereocenters. The van der Waals surface area contributed by atoms with Crippen molar-refractivity contribution >= 4 is 17.5 Å². The summed E-state index contributed by atoms with van der Waals surface area (Å²) in [6, 6.07) is 1.43. The van der Waals surface area contributed by atoms with Crippen molar-refractivity contribution in [1.29, 1.82) is 0 Å². The molecule has 2 saturated heterocycles. The molecule has 27 heavy (non-hydrogen) atoms. The summed E-state index contributed by atoms with van der Waals surface area (Å²) in [5, 5.41) is 0.433. The minimum atomic E-state index is -4.40. The van der Waals surface area contributed by atoms with Gasteiger partial charge in [-0.25, -0.2) is 4.98 Å². The van der Waals surface area contributed by atoms with Gasteiger partial charge in [-0.15, -0.1) is 0 Å². The molecule has 0 spiro atoms. The number of hydrogen-bond acceptors (Lipinski definition) is 4. The smallest absolute Gasteiger partial charge is 0.330 e. The number of aryl methyl sites for hydroxylation is 1. The third kappa shape index (κ3) is 3.54. The van der Waals surface area contributed by atoms with Crippen molar-refractivity contribution in [3.63, 3.8) is 0 Å². The van der Waals surface area contributed by atoms with Crippen LogP contribution >= 0.6 is 11.6 Å². The highest BCUT2D eigenvalue weighted by molar-refractivity contribution is 6.30. The van der Waals surface area contributed by atoms with Crippen LogP contribution in [0.4, 0.5) is 13.2 Å². The van der Waals surface area contributed by atoms with E-state index in [-0.39, 0.29) is 17.9 Å². The Morgan fingerprint density at radius 1 is 1.37 bits per heavy atom. The van der Waals surface area contributed by atoms with Crippen LogP contribution in [0.1, 0.15) is 36.3 Å². The molecular formula is C18H22ClF3N4O. The summed E-state index contributed by atoms with van der Waals surface area (Å²) in [6.45, 7) is 1.06. The molecule has 4 rings (SSSR count). The van der Waals surface area contributed by atoms with Crippen LogP contribution in [0, 0.1) is 18.8 Å². The molecular weight excluding hydrogens is 381 g/mol. The first-order valence-electron chi connectivity index (χ1n) is 9.22. The van der Waals surface area contributed by atoms with E-state index in [4.69, 9.17) is 11.6 Å². The molecule has 3 heterocycles. The summed E-state index contributed by atoms with van der Waals surface area (Å²) in [5.74, 6) is -0.737. The van der Waals surface area contributed by atoms with E-state index in [1.807, 2.05) is 13.0 Å². The summed E-state index contributed by atoms with van der Waals surface area (Å²) in [6.07, 6.45) is -0.549. The van der Waals surface area contributed by atoms with Gasteiger partial charge in [-0.2, -0.15) is 13.2 Å². The Balaban J connectivity index is 1.62. The van der Waals surface area contributed by atoms with Crippen LogP contribution in [0.5, 0.6) is 0 Å². The van der Waals surface area contributed by atoms with E-state index in [0.29, 0.717) is 18.1 Å². The van der Waals surface area contributed by atoms with E-state index in [1.165, 1.54) is 0 Å². The Kier molecular flexibility index (Phi) is 4.84. The molecule has 1 aromatic heterocycles. The standard InChI is InChI=1S/C18H22ClF3N4O/c1-9-4-11(6-23-16(9)19)10-2-3-12-14(5-10)26(8-18(20,21)22)17(27)13-7-24-25-15(12)13/h4,6,10,12-15,24-25H,2-3,5,7-8H2,1H3. The topological polar surface area (TPSA) is 57.3 Å². The fourth-order valence-electron chi connectivity index (χ4n) is 4.98. The molecule has 0 radical (unpaired) electrons. The number of halogens is 4. The second-order valence-corrected chi connectivity index (χ2v) is 8.21. The van der Waals surface area contributed by atoms with Crippen molar-refractivity contribution in [2.75, 3.05) is 13.1 Å². The number of hydrazine groups is 1. The number of likely N-dealkylation sites (tertiary alicyclic amines) is 1. The van der Waals surface area contributed by atoms with Crippen LogP contribution in [-0.2, 0) is 4.79 Å². The minimum Gasteiger partial charge on any atom is -0.330 e. The third-order valence-corrected chi connectivity index (χ3v) is 6.61. The average molecular weight is 403 g/mol. The van der Waals surface area contributed by atoms with Gasteiger partial charge in [0.2, 0.25) is 5.91 Å². The highest BCUT2D eigenvalue weighted by Gasteiger charge is 2.54. The number of pyridine rings is 1. The first kappa shape index (κ1) is 19.0. The van der Waals surface area contributed by atoms with Crippen LogP contribution in [0.25, 0.3) is 0 Å². The predicted octanol–water partition coefficient (Wildman–Crippen LogP) is 2.79. The molecule has 5 nitrogen and oxygen atoms in total. The normalized spacial score (nSPS) is 33.7. The van der Waals surface area contributed by atoms with Gasteiger partial charge >= 0.3 is 6.18 Å². The quantitative estimate of drug-likeness (QED) is 0.747. The van der Waals surface area contributed by atoms with Crippen molar-refractivity contribution in [3.8, 4) is 0 Å². The number of carbonyl (C=O) groups is 1. The highest BCUT2D eigenvalue weighted by atomic mass is 35.5. The van der Waals surface area contributed by atoms with Crippen molar-refractivity contribution in [2.24, 2.45) is 11.8 Å². The number of amides is 1. The molecule has 5 unspecified atom stereocenters. The summed E-state index contributed by atoms with van der Waals surface area (Å²) in [7, 11) is 0. The molecule has 1 saturated carbocycles. The summed E-state index contributed by atoms with van der Waals surface area (Å²) in [5.41, 5.74) is 7.93. The fourth-order valence-corrected chi connectivity index (χ4v) is 5.08. The predicted molar refractivity (Wildman–Crippen MR) is 94.0 cm³/mol. The Bertz CT molecular complexity index is 744. The number of rotatable bonds is 2. The Hall–Kier alpha value is -1.38. The van der Waals surface area contributed by atoms with Crippen LogP contribution < -0.4 is 10.9 Å². The zero-order valence-electron chi connectivity index (χ0n) is 14.9. The van der Waals surface area contributed by atoms with E-state index in [9.17, 15) is 18.0 Å². The largest absolute Gasteiger partial charge is 0.406 e. The van der Waals surface area contributed by atoms with Crippen molar-refractivity contribution in [2.45, 2.75) is 50.4 Å². The number of piperidine rings is 1. The van der Waals surface area contributed by atoms with Gasteiger partial charge < -0.3 is 4.90 Å². The van der Waals surface area contributed by atoms with Gasteiger partial charge in [-0.1, -0.05) is 17.7 Å². The Morgan fingerprint density at radius 2 is 2.15 bits per heavy atom. The second kappa shape index (κ2) is 6.90. The van der Waals surface area contributed by atoms with Crippen molar-refractivity contribution < 1.29 is 18.0 Å². The molecule has 3 fully saturated rings. The van der Waals surface area contributed by atoms with Gasteiger partial charge in [0.05, 0.1) is 5.92 Å². The lowest BCUT2D eigenvalue weighted by molar-refractivity contribution is -0.178. The van der Waals surface area contributed by atoms with E-state index in [0.717, 1.165) is 28.9 Å². The monoisotopic (exact) mass is 402 g/mol. The number of fused-ring (bicyclic) bond motifs is 3. The molecule has 2 N–H and O–H groups in total. The average Bonchev–Trinajstić information content (AvgIpc) is 3.10. The number of carbonyl (C=O) groups excluding carboxylic acids is 1. The lowest BCUT2D eigenvalue weighted by atomic mass is 9.67. The molecule has 2 aliphatic heterocycles. The second-order valence-electron chi connectivity index (χ2n) is 7.86. The van der Waals surface area contributed by atoms with Gasteiger partial charge in [-0.3, -0.25) is 15.6 Å². The lowest BCUT2D eigenvalue weighted by Crippen LogP contribution is -2.63. The zero-order valence-corrected chi connectivity index (χ0v) is 15.6. The molecule has 1 aromatic rings. The molecule has 148 valence electrons. The van der Waals surface area contributed by atoms with Crippen LogP contribution in [0.2, 0.25) is 5.15 Å². The maximum absolute atomic E-state index is 13.2. The maximum Gasteiger partial charge on any atom is 0.406 e. The molecule has 1 amide bonds. The highest BCUT2D eigenvalue weighted by Crippen LogP contribution is 2.45. The van der Waals surface area contributed by atoms with Gasteiger partial charge in [0, 0.05) is 24.8 Å². The van der Waals surface area contributed by atoms with Gasteiger partial charge in [0.1, 0.15) is 11.7 Å². The Morgan fingerprint density at radius 3 is 2.85 bits per heavy atom. The first-order valence-corrected chi connectivity index (χ1v) is 9.60. The van der Waals surface area contributed by atoms with E-state index in [2.05, 4.69) is 15.8 Å². The van der Waals surface area contributed by atoms with Crippen LogP contribution in [-0.4, -0.2) is 47.1 Å². The Labute approximate surface area is 160 Å².